The highest BCUT2D eigenvalue weighted by atomic mass is 15.2. The normalized spacial score (nSPS) is 19.8. The molecule has 2 rings (SSSR count). The number of benzene rings is 1. The van der Waals surface area contributed by atoms with E-state index in [1.54, 1.807) is 0 Å². The number of nitrogens with one attached hydrogen (secondary N) is 1. The Morgan fingerprint density at radius 1 is 1.06 bits per heavy atom. The molecule has 1 aromatic carbocycles. The van der Waals surface area contributed by atoms with Gasteiger partial charge < -0.3 is 5.32 Å². The minimum absolute atomic E-state index is 0.270. The minimum atomic E-state index is 0.270. The van der Waals surface area contributed by atoms with Crippen LogP contribution in [0.5, 0.6) is 0 Å². The Morgan fingerprint density at radius 2 is 1.61 bits per heavy atom. The van der Waals surface area contributed by atoms with Crippen LogP contribution in [0.25, 0.3) is 0 Å². The molecule has 1 fully saturated rings. The molecule has 1 heterocycles. The Hall–Kier alpha value is -0.860. The molecule has 0 bridgehead atoms. The van der Waals surface area contributed by atoms with Gasteiger partial charge in [0.2, 0.25) is 0 Å². The third-order valence-electron chi connectivity index (χ3n) is 3.73. The Morgan fingerprint density at radius 3 is 2.11 bits per heavy atom. The third-order valence-corrected chi connectivity index (χ3v) is 3.73. The van der Waals surface area contributed by atoms with Gasteiger partial charge in [0.1, 0.15) is 0 Å². The average molecular weight is 246 g/mol. The number of piperazine rings is 1. The van der Waals surface area contributed by atoms with Gasteiger partial charge in [-0.3, -0.25) is 4.90 Å². The quantitative estimate of drug-likeness (QED) is 0.863. The van der Waals surface area contributed by atoms with E-state index in [-0.39, 0.29) is 5.41 Å². The molecule has 1 aliphatic rings. The first-order valence-electron chi connectivity index (χ1n) is 7.00. The molecule has 0 aromatic heterocycles. The molecule has 1 N–H and O–H groups in total. The first-order valence-corrected chi connectivity index (χ1v) is 7.00. The molecule has 1 atom stereocenters. The maximum absolute atomic E-state index is 3.44. The molecule has 2 heteroatoms. The lowest BCUT2D eigenvalue weighted by Gasteiger charge is -2.42. The summed E-state index contributed by atoms with van der Waals surface area (Å²) in [4.78, 5) is 2.63. The Kier molecular flexibility index (Phi) is 4.08. The van der Waals surface area contributed by atoms with Crippen LogP contribution in [-0.2, 0) is 0 Å². The van der Waals surface area contributed by atoms with Gasteiger partial charge in [0, 0.05) is 32.2 Å². The van der Waals surface area contributed by atoms with Crippen molar-refractivity contribution < 1.29 is 0 Å². The van der Waals surface area contributed by atoms with Crippen molar-refractivity contribution in [3.8, 4) is 0 Å². The predicted molar refractivity (Wildman–Crippen MR) is 77.8 cm³/mol. The van der Waals surface area contributed by atoms with Crippen molar-refractivity contribution in [3.63, 3.8) is 0 Å². The SMILES string of the molecule is Cc1ccc([C@@H](N2CCNCC2)C(C)(C)C)cc1. The average Bonchev–Trinajstić information content (AvgIpc) is 2.32. The van der Waals surface area contributed by atoms with E-state index in [1.807, 2.05) is 0 Å². The third kappa shape index (κ3) is 3.12. The summed E-state index contributed by atoms with van der Waals surface area (Å²) in [7, 11) is 0. The van der Waals surface area contributed by atoms with Crippen LogP contribution in [0.1, 0.15) is 37.9 Å². The number of aryl methyl sites for hydroxylation is 1. The van der Waals surface area contributed by atoms with Crippen LogP contribution in [0.15, 0.2) is 24.3 Å². The molecule has 2 nitrogen and oxygen atoms in total. The Labute approximate surface area is 111 Å². The van der Waals surface area contributed by atoms with E-state index >= 15 is 0 Å². The zero-order valence-corrected chi connectivity index (χ0v) is 12.2. The summed E-state index contributed by atoms with van der Waals surface area (Å²) in [5.41, 5.74) is 3.06. The second kappa shape index (κ2) is 5.41. The zero-order valence-electron chi connectivity index (χ0n) is 12.2. The molecule has 0 saturated carbocycles. The fraction of sp³-hybridized carbons (Fsp3) is 0.625. The highest BCUT2D eigenvalue weighted by molar-refractivity contribution is 5.25. The van der Waals surface area contributed by atoms with Crippen molar-refractivity contribution in [1.29, 1.82) is 0 Å². The summed E-state index contributed by atoms with van der Waals surface area (Å²) < 4.78 is 0. The fourth-order valence-electron chi connectivity index (χ4n) is 2.95. The van der Waals surface area contributed by atoms with Crippen LogP contribution in [0.3, 0.4) is 0 Å². The van der Waals surface area contributed by atoms with E-state index in [0.29, 0.717) is 6.04 Å². The van der Waals surface area contributed by atoms with Gasteiger partial charge in [-0.25, -0.2) is 0 Å². The molecule has 18 heavy (non-hydrogen) atoms. The van der Waals surface area contributed by atoms with Crippen LogP contribution in [0.4, 0.5) is 0 Å². The topological polar surface area (TPSA) is 15.3 Å². The lowest BCUT2D eigenvalue weighted by atomic mass is 9.81. The monoisotopic (exact) mass is 246 g/mol. The van der Waals surface area contributed by atoms with Gasteiger partial charge in [0.05, 0.1) is 0 Å². The van der Waals surface area contributed by atoms with Gasteiger partial charge in [-0.1, -0.05) is 50.6 Å². The van der Waals surface area contributed by atoms with Crippen LogP contribution in [-0.4, -0.2) is 31.1 Å². The first-order chi connectivity index (χ1) is 8.48. The lowest BCUT2D eigenvalue weighted by molar-refractivity contribution is 0.0862. The van der Waals surface area contributed by atoms with E-state index < -0.39 is 0 Å². The van der Waals surface area contributed by atoms with E-state index in [9.17, 15) is 0 Å². The highest BCUT2D eigenvalue weighted by Crippen LogP contribution is 2.38. The van der Waals surface area contributed by atoms with Gasteiger partial charge in [0.25, 0.3) is 0 Å². The van der Waals surface area contributed by atoms with E-state index in [0.717, 1.165) is 26.2 Å². The predicted octanol–water partition coefficient (Wildman–Crippen LogP) is 2.99. The fourth-order valence-corrected chi connectivity index (χ4v) is 2.95. The van der Waals surface area contributed by atoms with Gasteiger partial charge in [-0.2, -0.15) is 0 Å². The summed E-state index contributed by atoms with van der Waals surface area (Å²) in [6.07, 6.45) is 0. The molecule has 0 radical (unpaired) electrons. The van der Waals surface area contributed by atoms with Crippen molar-refractivity contribution >= 4 is 0 Å². The molecule has 1 saturated heterocycles. The second-order valence-corrected chi connectivity index (χ2v) is 6.47. The van der Waals surface area contributed by atoms with Crippen LogP contribution in [0, 0.1) is 12.3 Å². The van der Waals surface area contributed by atoms with Crippen molar-refractivity contribution in [2.45, 2.75) is 33.7 Å². The van der Waals surface area contributed by atoms with Crippen molar-refractivity contribution in [2.75, 3.05) is 26.2 Å². The molecule has 0 unspecified atom stereocenters. The van der Waals surface area contributed by atoms with Crippen LogP contribution >= 0.6 is 0 Å². The van der Waals surface area contributed by atoms with E-state index in [2.05, 4.69) is 62.2 Å². The number of hydrogen-bond donors (Lipinski definition) is 1. The zero-order chi connectivity index (χ0) is 13.2. The van der Waals surface area contributed by atoms with Gasteiger partial charge in [-0.05, 0) is 17.9 Å². The smallest absolute Gasteiger partial charge is 0.0397 e. The number of nitrogens with zero attached hydrogens (tertiary/aromatic N) is 1. The van der Waals surface area contributed by atoms with Gasteiger partial charge in [-0.15, -0.1) is 0 Å². The Bertz CT molecular complexity index is 369. The lowest BCUT2D eigenvalue weighted by Crippen LogP contribution is -2.48. The summed E-state index contributed by atoms with van der Waals surface area (Å²) >= 11 is 0. The largest absolute Gasteiger partial charge is 0.314 e. The summed E-state index contributed by atoms with van der Waals surface area (Å²) in [5, 5.41) is 3.44. The molecule has 1 aromatic rings. The van der Waals surface area contributed by atoms with Crippen LogP contribution in [0.2, 0.25) is 0 Å². The summed E-state index contributed by atoms with van der Waals surface area (Å²) in [5.74, 6) is 0. The van der Waals surface area contributed by atoms with E-state index in [1.165, 1.54) is 11.1 Å². The van der Waals surface area contributed by atoms with Crippen molar-refractivity contribution in [2.24, 2.45) is 5.41 Å². The molecular weight excluding hydrogens is 220 g/mol. The van der Waals surface area contributed by atoms with E-state index in [4.69, 9.17) is 0 Å². The summed E-state index contributed by atoms with van der Waals surface area (Å²) in [6.45, 7) is 13.7. The van der Waals surface area contributed by atoms with Crippen LogP contribution < -0.4 is 5.32 Å². The summed E-state index contributed by atoms with van der Waals surface area (Å²) in [6, 6.07) is 9.58. The van der Waals surface area contributed by atoms with Crippen molar-refractivity contribution in [3.05, 3.63) is 35.4 Å². The molecular formula is C16H26N2. The van der Waals surface area contributed by atoms with Crippen molar-refractivity contribution in [1.82, 2.24) is 10.2 Å². The maximum Gasteiger partial charge on any atom is 0.0397 e. The standard InChI is InChI=1S/C16H26N2/c1-13-5-7-14(8-6-13)15(16(2,3)4)18-11-9-17-10-12-18/h5-8,15,17H,9-12H2,1-4H3/t15-/m1/s1. The maximum atomic E-state index is 3.44. The molecule has 1 aliphatic heterocycles. The van der Waals surface area contributed by atoms with Gasteiger partial charge >= 0.3 is 0 Å². The second-order valence-electron chi connectivity index (χ2n) is 6.47. The number of rotatable bonds is 2. The number of hydrogen-bond acceptors (Lipinski definition) is 2. The molecule has 100 valence electrons. The molecule has 0 amide bonds. The Balaban J connectivity index is 2.27. The minimum Gasteiger partial charge on any atom is -0.314 e. The van der Waals surface area contributed by atoms with Gasteiger partial charge in [0.15, 0.2) is 0 Å². The molecule has 0 spiro atoms. The first kappa shape index (κ1) is 13.6. The highest BCUT2D eigenvalue weighted by Gasteiger charge is 2.32. The molecule has 0 aliphatic carbocycles.